The van der Waals surface area contributed by atoms with Crippen LogP contribution in [0.15, 0.2) is 73.8 Å². The van der Waals surface area contributed by atoms with E-state index in [0.29, 0.717) is 21.7 Å². The van der Waals surface area contributed by atoms with Crippen molar-refractivity contribution in [2.45, 2.75) is 0 Å². The number of allylic oxidation sites excluding steroid dienone is 1. The van der Waals surface area contributed by atoms with Gasteiger partial charge in [-0.15, -0.1) is 11.3 Å². The second-order valence-electron chi connectivity index (χ2n) is 6.29. The van der Waals surface area contributed by atoms with Crippen molar-refractivity contribution in [2.75, 3.05) is 5.32 Å². The smallest absolute Gasteiger partial charge is 0.345 e. The lowest BCUT2D eigenvalue weighted by atomic mass is 10.1. The highest BCUT2D eigenvalue weighted by molar-refractivity contribution is 9.10. The maximum absolute atomic E-state index is 12.4. The zero-order valence-corrected chi connectivity index (χ0v) is 17.9. The van der Waals surface area contributed by atoms with Gasteiger partial charge in [-0.2, -0.15) is 5.26 Å². The Morgan fingerprint density at radius 3 is 2.74 bits per heavy atom. The summed E-state index contributed by atoms with van der Waals surface area (Å²) >= 11 is 4.56. The zero-order chi connectivity index (χ0) is 22.0. The molecule has 1 N–H and O–H groups in total. The fourth-order valence-corrected chi connectivity index (χ4v) is 3.82. The van der Waals surface area contributed by atoms with Crippen LogP contribution in [0.1, 0.15) is 5.01 Å². The molecule has 10 heteroatoms. The highest BCUT2D eigenvalue weighted by atomic mass is 79.9. The minimum atomic E-state index is -0.617. The fraction of sp³-hybridized carbons (Fsp3) is 0. The molecule has 0 aliphatic heterocycles. The van der Waals surface area contributed by atoms with Crippen molar-refractivity contribution in [3.63, 3.8) is 0 Å². The number of hydrogen-bond acceptors (Lipinski definition) is 8. The number of nitro groups is 1. The number of benzene rings is 2. The molecule has 0 aliphatic rings. The van der Waals surface area contributed by atoms with E-state index in [2.05, 4.69) is 32.3 Å². The minimum absolute atomic E-state index is 0.111. The Hall–Kier alpha value is -3.81. The van der Waals surface area contributed by atoms with Crippen molar-refractivity contribution in [3.05, 3.63) is 90.1 Å². The van der Waals surface area contributed by atoms with E-state index in [4.69, 9.17) is 4.42 Å². The molecule has 0 aliphatic carbocycles. The van der Waals surface area contributed by atoms with E-state index in [1.54, 1.807) is 5.38 Å². The van der Waals surface area contributed by atoms with Crippen molar-refractivity contribution in [2.24, 2.45) is 0 Å². The molecule has 0 radical (unpaired) electrons. The number of nitriles is 1. The summed E-state index contributed by atoms with van der Waals surface area (Å²) in [4.78, 5) is 27.3. The molecular formula is C21H11BrN4O4S. The molecule has 0 fully saturated rings. The Kier molecular flexibility index (Phi) is 5.62. The van der Waals surface area contributed by atoms with E-state index in [1.807, 2.05) is 24.3 Å². The normalized spacial score (nSPS) is 11.3. The molecular weight excluding hydrogens is 484 g/mol. The van der Waals surface area contributed by atoms with Crippen LogP contribution in [0.2, 0.25) is 0 Å². The standard InChI is InChI=1S/C21H11BrN4O4S/c22-14-1-3-15(4-2-14)24-10-13(9-23)20-25-18(11-31-20)17-8-12-7-16(26(28)29)5-6-19(12)30-21(17)27/h1-8,10-11,24H/b13-10+. The van der Waals surface area contributed by atoms with Gasteiger partial charge < -0.3 is 9.73 Å². The molecule has 31 heavy (non-hydrogen) atoms. The number of nitro benzene ring substituents is 1. The van der Waals surface area contributed by atoms with Crippen molar-refractivity contribution < 1.29 is 9.34 Å². The molecule has 0 spiro atoms. The summed E-state index contributed by atoms with van der Waals surface area (Å²) in [6.07, 6.45) is 1.54. The molecule has 2 heterocycles. The first kappa shape index (κ1) is 20.5. The van der Waals surface area contributed by atoms with Gasteiger partial charge in [0.25, 0.3) is 5.69 Å². The van der Waals surface area contributed by atoms with Gasteiger partial charge in [0, 0.05) is 39.3 Å². The second-order valence-corrected chi connectivity index (χ2v) is 8.06. The van der Waals surface area contributed by atoms with E-state index in [-0.39, 0.29) is 16.8 Å². The van der Waals surface area contributed by atoms with Crippen LogP contribution >= 0.6 is 27.3 Å². The fourth-order valence-electron chi connectivity index (χ4n) is 2.77. The minimum Gasteiger partial charge on any atom is -0.422 e. The van der Waals surface area contributed by atoms with Gasteiger partial charge in [-0.05, 0) is 36.4 Å². The number of non-ortho nitro benzene ring substituents is 1. The summed E-state index contributed by atoms with van der Waals surface area (Å²) < 4.78 is 6.22. The summed E-state index contributed by atoms with van der Waals surface area (Å²) in [6.45, 7) is 0. The number of hydrogen-bond donors (Lipinski definition) is 1. The summed E-state index contributed by atoms with van der Waals surface area (Å²) in [7, 11) is 0. The number of fused-ring (bicyclic) bond motifs is 1. The Morgan fingerprint density at radius 1 is 1.26 bits per heavy atom. The second kappa shape index (κ2) is 8.51. The van der Waals surface area contributed by atoms with Crippen LogP contribution in [0.4, 0.5) is 11.4 Å². The van der Waals surface area contributed by atoms with E-state index in [0.717, 1.165) is 10.2 Å². The van der Waals surface area contributed by atoms with Gasteiger partial charge in [-0.3, -0.25) is 10.1 Å². The average Bonchev–Trinajstić information content (AvgIpc) is 3.24. The number of nitrogens with zero attached hydrogens (tertiary/aromatic N) is 3. The number of aromatic nitrogens is 1. The molecule has 2 aromatic carbocycles. The lowest BCUT2D eigenvalue weighted by Crippen LogP contribution is -2.03. The Labute approximate surface area is 187 Å². The molecule has 0 saturated heterocycles. The molecule has 0 amide bonds. The summed E-state index contributed by atoms with van der Waals surface area (Å²) in [5, 5.41) is 26.0. The Balaban J connectivity index is 1.67. The average molecular weight is 495 g/mol. The molecule has 4 aromatic rings. The number of anilines is 1. The quantitative estimate of drug-likeness (QED) is 0.166. The van der Waals surface area contributed by atoms with Gasteiger partial charge in [-0.1, -0.05) is 15.9 Å². The third-order valence-electron chi connectivity index (χ3n) is 4.28. The van der Waals surface area contributed by atoms with E-state index in [9.17, 15) is 20.2 Å². The van der Waals surface area contributed by atoms with Crippen LogP contribution in [-0.2, 0) is 0 Å². The first-order chi connectivity index (χ1) is 14.9. The zero-order valence-electron chi connectivity index (χ0n) is 15.5. The molecule has 2 aromatic heterocycles. The summed E-state index contributed by atoms with van der Waals surface area (Å²) in [5.74, 6) is 0. The molecule has 0 saturated carbocycles. The Bertz CT molecular complexity index is 1430. The van der Waals surface area contributed by atoms with Gasteiger partial charge in [0.2, 0.25) is 0 Å². The monoisotopic (exact) mass is 494 g/mol. The van der Waals surface area contributed by atoms with Crippen molar-refractivity contribution in [3.8, 4) is 17.3 Å². The van der Waals surface area contributed by atoms with Crippen molar-refractivity contribution in [1.29, 1.82) is 5.26 Å². The number of rotatable bonds is 5. The van der Waals surface area contributed by atoms with Crippen molar-refractivity contribution in [1.82, 2.24) is 4.98 Å². The predicted octanol–water partition coefficient (Wildman–Crippen LogP) is 5.56. The van der Waals surface area contributed by atoms with E-state index in [1.165, 1.54) is 41.8 Å². The topological polar surface area (TPSA) is 122 Å². The molecule has 152 valence electrons. The molecule has 0 unspecified atom stereocenters. The maximum atomic E-state index is 12.4. The van der Waals surface area contributed by atoms with E-state index >= 15 is 0 Å². The molecule has 0 bridgehead atoms. The van der Waals surface area contributed by atoms with E-state index < -0.39 is 10.5 Å². The SMILES string of the molecule is N#C/C(=C\Nc1ccc(Br)cc1)c1nc(-c2cc3cc([N+](=O)[O-])ccc3oc2=O)cs1. The molecule has 8 nitrogen and oxygen atoms in total. The molecule has 0 atom stereocenters. The van der Waals surface area contributed by atoms with Crippen LogP contribution in [0.5, 0.6) is 0 Å². The van der Waals surface area contributed by atoms with Crippen LogP contribution in [-0.4, -0.2) is 9.91 Å². The molecule has 4 rings (SSSR count). The maximum Gasteiger partial charge on any atom is 0.345 e. The third-order valence-corrected chi connectivity index (χ3v) is 5.69. The van der Waals surface area contributed by atoms with Crippen molar-refractivity contribution >= 4 is 55.2 Å². The van der Waals surface area contributed by atoms with Gasteiger partial charge in [0.05, 0.1) is 16.2 Å². The number of thiazole rings is 1. The van der Waals surface area contributed by atoms with Crippen LogP contribution in [0.3, 0.4) is 0 Å². The first-order valence-electron chi connectivity index (χ1n) is 8.75. The summed E-state index contributed by atoms with van der Waals surface area (Å²) in [6, 6.07) is 15.0. The Morgan fingerprint density at radius 2 is 2.03 bits per heavy atom. The van der Waals surface area contributed by atoms with Gasteiger partial charge in [0.1, 0.15) is 22.2 Å². The lowest BCUT2D eigenvalue weighted by Gasteiger charge is -2.01. The number of nitrogens with one attached hydrogen (secondary N) is 1. The van der Waals surface area contributed by atoms with Gasteiger partial charge in [-0.25, -0.2) is 9.78 Å². The lowest BCUT2D eigenvalue weighted by molar-refractivity contribution is -0.384. The van der Waals surface area contributed by atoms with Crippen LogP contribution in [0.25, 0.3) is 27.8 Å². The highest BCUT2D eigenvalue weighted by Crippen LogP contribution is 2.28. The van der Waals surface area contributed by atoms with Crippen LogP contribution < -0.4 is 10.9 Å². The van der Waals surface area contributed by atoms with Gasteiger partial charge in [0.15, 0.2) is 0 Å². The number of halogens is 1. The summed E-state index contributed by atoms with van der Waals surface area (Å²) in [5.41, 5.74) is 1.09. The first-order valence-corrected chi connectivity index (χ1v) is 10.4. The largest absolute Gasteiger partial charge is 0.422 e. The highest BCUT2D eigenvalue weighted by Gasteiger charge is 2.15. The van der Waals surface area contributed by atoms with Crippen LogP contribution in [0, 0.1) is 21.4 Å². The predicted molar refractivity (Wildman–Crippen MR) is 122 cm³/mol. The van der Waals surface area contributed by atoms with Gasteiger partial charge >= 0.3 is 5.63 Å². The third kappa shape index (κ3) is 4.37.